The van der Waals surface area contributed by atoms with E-state index in [1.54, 1.807) is 6.26 Å². The Labute approximate surface area is 167 Å². The van der Waals surface area contributed by atoms with Crippen molar-refractivity contribution in [2.24, 2.45) is 0 Å². The third kappa shape index (κ3) is 4.90. The van der Waals surface area contributed by atoms with Crippen LogP contribution in [0.25, 0.3) is 0 Å². The Bertz CT molecular complexity index is 778. The number of nitrogens with zero attached hydrogens (tertiary/aromatic N) is 1. The first kappa shape index (κ1) is 21.0. The van der Waals surface area contributed by atoms with Gasteiger partial charge in [-0.15, -0.1) is 12.4 Å². The van der Waals surface area contributed by atoms with Crippen molar-refractivity contribution in [1.82, 2.24) is 4.90 Å². The van der Waals surface area contributed by atoms with Gasteiger partial charge >= 0.3 is 0 Å². The summed E-state index contributed by atoms with van der Waals surface area (Å²) in [6.45, 7) is 2.06. The van der Waals surface area contributed by atoms with E-state index < -0.39 is 0 Å². The summed E-state index contributed by atoms with van der Waals surface area (Å²) in [4.78, 5) is 15.1. The molecule has 2 aliphatic rings. The number of rotatable bonds is 6. The molecule has 0 amide bonds. The lowest BCUT2D eigenvalue weighted by Gasteiger charge is -2.30. The fourth-order valence-electron chi connectivity index (χ4n) is 3.38. The Hall–Kier alpha value is -2.30. The molecule has 0 saturated carbocycles. The minimum Gasteiger partial charge on any atom is -0.465 e. The van der Waals surface area contributed by atoms with Gasteiger partial charge in [0.15, 0.2) is 5.76 Å². The summed E-state index contributed by atoms with van der Waals surface area (Å²) in [5, 5.41) is 0. The van der Waals surface area contributed by atoms with E-state index in [1.165, 1.54) is 6.26 Å². The van der Waals surface area contributed by atoms with E-state index in [4.69, 9.17) is 9.47 Å². The lowest BCUT2D eigenvalue weighted by molar-refractivity contribution is -0.123. The Morgan fingerprint density at radius 3 is 2.52 bits per heavy atom. The van der Waals surface area contributed by atoms with Crippen molar-refractivity contribution in [2.45, 2.75) is 31.7 Å². The molecule has 1 heterocycles. The summed E-state index contributed by atoms with van der Waals surface area (Å²) in [5.74, 6) is 0.808. The molecule has 0 bridgehead atoms. The van der Waals surface area contributed by atoms with Crippen molar-refractivity contribution < 1.29 is 14.3 Å². The minimum absolute atomic E-state index is 0. The third-order valence-electron chi connectivity index (χ3n) is 4.77. The van der Waals surface area contributed by atoms with Gasteiger partial charge in [-0.25, -0.2) is 0 Å². The molecule has 0 spiro atoms. The van der Waals surface area contributed by atoms with E-state index in [2.05, 4.69) is 13.0 Å². The van der Waals surface area contributed by atoms with E-state index in [0.717, 1.165) is 24.0 Å². The van der Waals surface area contributed by atoms with Gasteiger partial charge < -0.3 is 9.47 Å². The molecule has 27 heavy (non-hydrogen) atoms. The lowest BCUT2D eigenvalue weighted by Crippen LogP contribution is -2.41. The Morgan fingerprint density at radius 1 is 1.15 bits per heavy atom. The second-order valence-corrected chi connectivity index (χ2v) is 6.83. The molecule has 0 aromatic heterocycles. The molecule has 1 aromatic carbocycles. The van der Waals surface area contributed by atoms with Crippen LogP contribution in [0.5, 0.6) is 0 Å². The molecule has 0 N–H and O–H groups in total. The van der Waals surface area contributed by atoms with Crippen molar-refractivity contribution in [3.63, 3.8) is 0 Å². The Balaban J connectivity index is 0.00000261. The van der Waals surface area contributed by atoms with Gasteiger partial charge in [-0.3, -0.25) is 9.69 Å². The van der Waals surface area contributed by atoms with Crippen LogP contribution in [-0.4, -0.2) is 30.8 Å². The minimum atomic E-state index is -0.341. The zero-order valence-corrected chi connectivity index (χ0v) is 16.7. The third-order valence-corrected chi connectivity index (χ3v) is 4.77. The summed E-state index contributed by atoms with van der Waals surface area (Å²) in [7, 11) is 3.83. The van der Waals surface area contributed by atoms with E-state index in [1.807, 2.05) is 61.5 Å². The first-order valence-electron chi connectivity index (χ1n) is 8.93. The monoisotopic (exact) mass is 387 g/mol. The highest BCUT2D eigenvalue weighted by molar-refractivity contribution is 5.98. The molecule has 2 unspecified atom stereocenters. The van der Waals surface area contributed by atoms with E-state index >= 15 is 0 Å². The van der Waals surface area contributed by atoms with Crippen molar-refractivity contribution in [3.8, 4) is 0 Å². The molecule has 2 atom stereocenters. The number of likely N-dealkylation sites (N-methyl/N-ethyl adjacent to an activating group) is 1. The number of benzene rings is 1. The number of hydrogen-bond donors (Lipinski definition) is 0. The maximum Gasteiger partial charge on any atom is 0.218 e. The van der Waals surface area contributed by atoms with Crippen LogP contribution in [0.3, 0.4) is 0 Å². The average Bonchev–Trinajstić information content (AvgIpc) is 2.69. The molecule has 0 radical (unpaired) electrons. The molecule has 0 saturated heterocycles. The molecule has 3 rings (SSSR count). The van der Waals surface area contributed by atoms with Gasteiger partial charge in [-0.05, 0) is 38.1 Å². The zero-order valence-electron chi connectivity index (χ0n) is 15.9. The Morgan fingerprint density at radius 2 is 1.89 bits per heavy atom. The molecule has 1 aliphatic carbocycles. The number of carbonyl (C=O) groups excluding carboxylic acids is 1. The molecule has 4 nitrogen and oxygen atoms in total. The molecule has 1 aromatic rings. The lowest BCUT2D eigenvalue weighted by atomic mass is 9.89. The first-order chi connectivity index (χ1) is 12.6. The summed E-state index contributed by atoms with van der Waals surface area (Å²) in [5.41, 5.74) is 2.16. The largest absolute Gasteiger partial charge is 0.465 e. The topological polar surface area (TPSA) is 38.8 Å². The van der Waals surface area contributed by atoms with Crippen molar-refractivity contribution in [2.75, 3.05) is 14.1 Å². The maximum atomic E-state index is 13.2. The predicted octanol–water partition coefficient (Wildman–Crippen LogP) is 4.72. The summed E-state index contributed by atoms with van der Waals surface area (Å²) in [6.07, 6.45) is 10.9. The van der Waals surface area contributed by atoms with Gasteiger partial charge in [-0.2, -0.15) is 0 Å². The summed E-state index contributed by atoms with van der Waals surface area (Å²) < 4.78 is 11.4. The average molecular weight is 388 g/mol. The first-order valence-corrected chi connectivity index (χ1v) is 8.93. The number of ether oxygens (including phenoxy) is 2. The number of ketones is 1. The Kier molecular flexibility index (Phi) is 7.45. The van der Waals surface area contributed by atoms with Crippen molar-refractivity contribution in [1.29, 1.82) is 0 Å². The highest BCUT2D eigenvalue weighted by Gasteiger charge is 2.33. The van der Waals surface area contributed by atoms with Crippen LogP contribution < -0.4 is 0 Å². The van der Waals surface area contributed by atoms with E-state index in [0.29, 0.717) is 5.76 Å². The van der Waals surface area contributed by atoms with Crippen molar-refractivity contribution in [3.05, 3.63) is 83.7 Å². The van der Waals surface area contributed by atoms with E-state index in [9.17, 15) is 4.79 Å². The summed E-state index contributed by atoms with van der Waals surface area (Å²) >= 11 is 0. The van der Waals surface area contributed by atoms with Crippen LogP contribution in [-0.2, 0) is 14.3 Å². The van der Waals surface area contributed by atoms with Crippen LogP contribution in [0.15, 0.2) is 78.2 Å². The number of halogens is 1. The van der Waals surface area contributed by atoms with Crippen LogP contribution in [0.1, 0.15) is 31.2 Å². The van der Waals surface area contributed by atoms with Gasteiger partial charge in [0.2, 0.25) is 11.5 Å². The zero-order chi connectivity index (χ0) is 18.5. The highest BCUT2D eigenvalue weighted by atomic mass is 35.5. The van der Waals surface area contributed by atoms with E-state index in [-0.39, 0.29) is 35.9 Å². The molecular weight excluding hydrogens is 362 g/mol. The highest BCUT2D eigenvalue weighted by Crippen LogP contribution is 2.30. The SMILES string of the molecule is CC(c1ccccc1)C(C(=O)C1=COC=C(C2=CC=CCC2)O1)N(C)C.Cl. The smallest absolute Gasteiger partial charge is 0.218 e. The van der Waals surface area contributed by atoms with Gasteiger partial charge in [0.25, 0.3) is 0 Å². The quantitative estimate of drug-likeness (QED) is 0.708. The number of carbonyl (C=O) groups is 1. The fraction of sp³-hybridized carbons (Fsp3) is 0.318. The number of allylic oxidation sites excluding steroid dienone is 4. The second-order valence-electron chi connectivity index (χ2n) is 6.83. The van der Waals surface area contributed by atoms with Crippen LogP contribution in [0, 0.1) is 0 Å². The number of Topliss-reactive ketones (excluding diaryl/α,β-unsaturated/α-hetero) is 1. The number of hydrogen-bond acceptors (Lipinski definition) is 4. The second kappa shape index (κ2) is 9.58. The molecule has 144 valence electrons. The van der Waals surface area contributed by atoms with Gasteiger partial charge in [0.1, 0.15) is 12.5 Å². The van der Waals surface area contributed by atoms with Crippen molar-refractivity contribution >= 4 is 18.2 Å². The van der Waals surface area contributed by atoms with Gasteiger partial charge in [-0.1, -0.05) is 55.5 Å². The van der Waals surface area contributed by atoms with Crippen LogP contribution >= 0.6 is 12.4 Å². The fourth-order valence-corrected chi connectivity index (χ4v) is 3.38. The van der Waals surface area contributed by atoms with Gasteiger partial charge in [0.05, 0.1) is 6.04 Å². The molecule has 0 fully saturated rings. The molecule has 1 aliphatic heterocycles. The molecule has 5 heteroatoms. The molecular formula is C22H26ClNO3. The van der Waals surface area contributed by atoms with Gasteiger partial charge in [0, 0.05) is 5.92 Å². The normalized spacial score (nSPS) is 18.1. The summed E-state index contributed by atoms with van der Waals surface area (Å²) in [6, 6.07) is 9.72. The van der Waals surface area contributed by atoms with Crippen LogP contribution in [0.2, 0.25) is 0 Å². The standard InChI is InChI=1S/C22H25NO3.ClH/c1-16(17-10-6-4-7-11-17)21(23(2)3)22(24)20-15-25-14-19(26-20)18-12-8-5-9-13-18;/h4-8,10-12,14-16,21H,9,13H2,1-3H3;1H. The maximum absolute atomic E-state index is 13.2. The predicted molar refractivity (Wildman–Crippen MR) is 109 cm³/mol. The van der Waals surface area contributed by atoms with Crippen LogP contribution in [0.4, 0.5) is 0 Å².